The topological polar surface area (TPSA) is 84.6 Å². The average Bonchev–Trinajstić information content (AvgIpc) is 3.13. The Morgan fingerprint density at radius 2 is 1.89 bits per heavy atom. The van der Waals surface area contributed by atoms with Crippen LogP contribution in [-0.2, 0) is 0 Å². The third-order valence-electron chi connectivity index (χ3n) is 4.10. The number of hydrogen-bond acceptors (Lipinski definition) is 5. The van der Waals surface area contributed by atoms with Gasteiger partial charge in [0.05, 0.1) is 17.4 Å². The van der Waals surface area contributed by atoms with Crippen LogP contribution in [0.3, 0.4) is 0 Å². The number of carbonyl (C=O) groups is 2. The summed E-state index contributed by atoms with van der Waals surface area (Å²) in [5.41, 5.74) is 3.35. The predicted molar refractivity (Wildman–Crippen MR) is 103 cm³/mol. The van der Waals surface area contributed by atoms with Crippen molar-refractivity contribution < 1.29 is 14.0 Å². The Morgan fingerprint density at radius 3 is 2.52 bits per heavy atom. The van der Waals surface area contributed by atoms with Crippen molar-refractivity contribution in [2.24, 2.45) is 4.99 Å². The predicted octanol–water partition coefficient (Wildman–Crippen LogP) is 3.93. The number of pyridine rings is 1. The average molecular weight is 361 g/mol. The monoisotopic (exact) mass is 361 g/mol. The van der Waals surface area contributed by atoms with Crippen molar-refractivity contribution >= 4 is 23.1 Å². The first-order valence-electron chi connectivity index (χ1n) is 8.45. The van der Waals surface area contributed by atoms with E-state index < -0.39 is 0 Å². The molecule has 0 fully saturated rings. The number of nitrogens with zero attached hydrogens (tertiary/aromatic N) is 2. The van der Waals surface area contributed by atoms with E-state index in [1.807, 2.05) is 19.1 Å². The first kappa shape index (κ1) is 18.3. The zero-order chi connectivity index (χ0) is 19.2. The van der Waals surface area contributed by atoms with Gasteiger partial charge in [0.15, 0.2) is 5.78 Å². The molecule has 0 atom stereocenters. The second kappa shape index (κ2) is 8.23. The van der Waals surface area contributed by atoms with Gasteiger partial charge in [-0.15, -0.1) is 0 Å². The number of nitrogens with one attached hydrogen (secondary N) is 1. The number of carbonyl (C=O) groups excluding carboxylic acids is 2. The lowest BCUT2D eigenvalue weighted by Gasteiger charge is -2.06. The molecule has 3 aromatic rings. The second-order valence-electron chi connectivity index (χ2n) is 5.99. The van der Waals surface area contributed by atoms with E-state index in [1.165, 1.54) is 12.5 Å². The van der Waals surface area contributed by atoms with Gasteiger partial charge in [0.1, 0.15) is 12.3 Å². The van der Waals surface area contributed by atoms with Crippen molar-refractivity contribution in [3.63, 3.8) is 0 Å². The molecule has 6 nitrogen and oxygen atoms in total. The van der Waals surface area contributed by atoms with Crippen molar-refractivity contribution in [2.45, 2.75) is 13.8 Å². The minimum absolute atomic E-state index is 0.0612. The van der Waals surface area contributed by atoms with Crippen LogP contribution in [0.1, 0.15) is 39.0 Å². The first-order valence-corrected chi connectivity index (χ1v) is 8.45. The van der Waals surface area contributed by atoms with Gasteiger partial charge in [0.25, 0.3) is 5.91 Å². The zero-order valence-electron chi connectivity index (χ0n) is 15.1. The maximum absolute atomic E-state index is 12.2. The van der Waals surface area contributed by atoms with Gasteiger partial charge in [-0.3, -0.25) is 19.6 Å². The van der Waals surface area contributed by atoms with Gasteiger partial charge in [-0.25, -0.2) is 0 Å². The number of rotatable bonds is 6. The van der Waals surface area contributed by atoms with Gasteiger partial charge >= 0.3 is 0 Å². The van der Waals surface area contributed by atoms with Crippen molar-refractivity contribution in [2.75, 3.05) is 11.9 Å². The Morgan fingerprint density at radius 1 is 1.11 bits per heavy atom. The van der Waals surface area contributed by atoms with Crippen LogP contribution in [0.15, 0.2) is 70.5 Å². The highest BCUT2D eigenvalue weighted by Gasteiger charge is 2.11. The molecule has 1 amide bonds. The fourth-order valence-corrected chi connectivity index (χ4v) is 2.54. The van der Waals surface area contributed by atoms with E-state index in [0.717, 1.165) is 11.3 Å². The number of hydrogen-bond donors (Lipinski definition) is 1. The first-order chi connectivity index (χ1) is 13.0. The minimum atomic E-state index is -0.220. The zero-order valence-corrected chi connectivity index (χ0v) is 15.1. The van der Waals surface area contributed by atoms with Gasteiger partial charge in [0.2, 0.25) is 0 Å². The number of aromatic nitrogens is 1. The largest absolute Gasteiger partial charge is 0.469 e. The van der Waals surface area contributed by atoms with Crippen LogP contribution in [0.25, 0.3) is 0 Å². The number of anilines is 1. The van der Waals surface area contributed by atoms with Crippen LogP contribution >= 0.6 is 0 Å². The van der Waals surface area contributed by atoms with Crippen LogP contribution in [0.4, 0.5) is 5.69 Å². The summed E-state index contributed by atoms with van der Waals surface area (Å²) in [7, 11) is 0. The van der Waals surface area contributed by atoms with E-state index in [0.29, 0.717) is 22.6 Å². The third kappa shape index (κ3) is 4.55. The molecule has 2 aromatic heterocycles. The Balaban J connectivity index is 1.63. The van der Waals surface area contributed by atoms with Crippen molar-refractivity contribution in [3.8, 4) is 0 Å². The number of amides is 1. The Hall–Kier alpha value is -3.54. The maximum atomic E-state index is 12.2. The molecule has 27 heavy (non-hydrogen) atoms. The molecule has 3 rings (SSSR count). The molecular formula is C21H19N3O3. The maximum Gasteiger partial charge on any atom is 0.257 e. The summed E-state index contributed by atoms with van der Waals surface area (Å²) in [5.74, 6) is 0.296. The number of ketones is 1. The summed E-state index contributed by atoms with van der Waals surface area (Å²) >= 11 is 0. The summed E-state index contributed by atoms with van der Waals surface area (Å²) in [6.45, 7) is 3.66. The summed E-state index contributed by atoms with van der Waals surface area (Å²) in [5, 5.41) is 2.82. The van der Waals surface area contributed by atoms with Gasteiger partial charge in [-0.1, -0.05) is 12.1 Å². The van der Waals surface area contributed by atoms with Gasteiger partial charge in [0, 0.05) is 23.8 Å². The van der Waals surface area contributed by atoms with Crippen LogP contribution < -0.4 is 5.32 Å². The molecule has 0 saturated heterocycles. The van der Waals surface area contributed by atoms with E-state index in [-0.39, 0.29) is 18.2 Å². The van der Waals surface area contributed by atoms with Crippen LogP contribution in [0, 0.1) is 6.92 Å². The highest BCUT2D eigenvalue weighted by molar-refractivity contribution is 6.05. The standard InChI is InChI=1S/C21H19N3O3/c1-14(23-13-20(25)19-9-11-27-15(19)2)16-5-7-18(8-6-16)24-21(26)17-4-3-10-22-12-17/h3-12H,13H2,1-2H3,(H,24,26). The van der Waals surface area contributed by atoms with E-state index in [9.17, 15) is 9.59 Å². The molecule has 0 unspecified atom stereocenters. The molecule has 0 aliphatic carbocycles. The molecule has 6 heteroatoms. The number of furan rings is 1. The third-order valence-corrected chi connectivity index (χ3v) is 4.10. The summed E-state index contributed by atoms with van der Waals surface area (Å²) < 4.78 is 5.15. The Kier molecular flexibility index (Phi) is 5.56. The van der Waals surface area contributed by atoms with Crippen LogP contribution in [-0.4, -0.2) is 28.9 Å². The van der Waals surface area contributed by atoms with Crippen LogP contribution in [0.5, 0.6) is 0 Å². The molecule has 0 radical (unpaired) electrons. The molecule has 0 aliphatic heterocycles. The Labute approximate surface area is 157 Å². The van der Waals surface area contributed by atoms with Gasteiger partial charge < -0.3 is 9.73 Å². The summed E-state index contributed by atoms with van der Waals surface area (Å²) in [4.78, 5) is 32.6. The normalized spacial score (nSPS) is 11.3. The highest BCUT2D eigenvalue weighted by atomic mass is 16.3. The minimum Gasteiger partial charge on any atom is -0.469 e. The SMILES string of the molecule is CC(=NCC(=O)c1ccoc1C)c1ccc(NC(=O)c2cccnc2)cc1. The van der Waals surface area contributed by atoms with E-state index in [2.05, 4.69) is 15.3 Å². The molecular weight excluding hydrogens is 342 g/mol. The number of aliphatic imine (C=N–C) groups is 1. The number of aryl methyl sites for hydroxylation is 1. The molecule has 0 aliphatic rings. The lowest BCUT2D eigenvalue weighted by atomic mass is 10.1. The molecule has 0 spiro atoms. The van der Waals surface area contributed by atoms with E-state index in [4.69, 9.17) is 4.42 Å². The molecule has 136 valence electrons. The van der Waals surface area contributed by atoms with E-state index >= 15 is 0 Å². The fraction of sp³-hybridized carbons (Fsp3) is 0.143. The molecule has 0 saturated carbocycles. The Bertz CT molecular complexity index is 973. The summed E-state index contributed by atoms with van der Waals surface area (Å²) in [6.07, 6.45) is 4.63. The second-order valence-corrected chi connectivity index (χ2v) is 5.99. The van der Waals surface area contributed by atoms with E-state index in [1.54, 1.807) is 43.5 Å². The smallest absolute Gasteiger partial charge is 0.257 e. The van der Waals surface area contributed by atoms with Crippen molar-refractivity contribution in [1.29, 1.82) is 0 Å². The number of Topliss-reactive ketones (excluding diaryl/α,β-unsaturated/α-hetero) is 1. The molecule has 1 aromatic carbocycles. The molecule has 2 heterocycles. The molecule has 0 bridgehead atoms. The van der Waals surface area contributed by atoms with Gasteiger partial charge in [-0.05, 0) is 49.7 Å². The molecule has 1 N–H and O–H groups in total. The van der Waals surface area contributed by atoms with Crippen LogP contribution in [0.2, 0.25) is 0 Å². The summed E-state index contributed by atoms with van der Waals surface area (Å²) in [6, 6.07) is 12.4. The quantitative estimate of drug-likeness (QED) is 0.532. The van der Waals surface area contributed by atoms with Crippen molar-refractivity contribution in [1.82, 2.24) is 4.98 Å². The lowest BCUT2D eigenvalue weighted by Crippen LogP contribution is -2.12. The number of benzene rings is 1. The fourth-order valence-electron chi connectivity index (χ4n) is 2.54. The lowest BCUT2D eigenvalue weighted by molar-refractivity contribution is 0.0998. The van der Waals surface area contributed by atoms with Crippen molar-refractivity contribution in [3.05, 3.63) is 83.6 Å². The van der Waals surface area contributed by atoms with Gasteiger partial charge in [-0.2, -0.15) is 0 Å². The highest BCUT2D eigenvalue weighted by Crippen LogP contribution is 2.13.